The van der Waals surface area contributed by atoms with Gasteiger partial charge >= 0.3 is 0 Å². The molecule has 0 saturated heterocycles. The van der Waals surface area contributed by atoms with Crippen LogP contribution in [-0.2, 0) is 11.3 Å². The molecule has 27 heavy (non-hydrogen) atoms. The summed E-state index contributed by atoms with van der Waals surface area (Å²) in [5.74, 6) is 1.60. The van der Waals surface area contributed by atoms with Crippen LogP contribution >= 0.6 is 0 Å². The topological polar surface area (TPSA) is 60.0 Å². The molecule has 0 unspecified atom stereocenters. The van der Waals surface area contributed by atoms with Crippen LogP contribution in [-0.4, -0.2) is 40.8 Å². The van der Waals surface area contributed by atoms with E-state index in [0.717, 1.165) is 16.8 Å². The van der Waals surface area contributed by atoms with Crippen molar-refractivity contribution in [2.75, 3.05) is 39.8 Å². The van der Waals surface area contributed by atoms with Gasteiger partial charge in [0.25, 0.3) is 0 Å². The second-order valence-corrected chi connectivity index (χ2v) is 6.46. The van der Waals surface area contributed by atoms with Gasteiger partial charge < -0.3 is 24.4 Å². The monoisotopic (exact) mass is 372 g/mol. The highest BCUT2D eigenvalue weighted by Gasteiger charge is 2.14. The molecule has 2 aromatic rings. The Hall–Kier alpha value is -2.89. The summed E-state index contributed by atoms with van der Waals surface area (Å²) in [5, 5.41) is 2.94. The molecule has 0 aliphatic rings. The Morgan fingerprint density at radius 2 is 1.63 bits per heavy atom. The summed E-state index contributed by atoms with van der Waals surface area (Å²) in [6.45, 7) is 4.73. The minimum absolute atomic E-state index is 0.0628. The van der Waals surface area contributed by atoms with Gasteiger partial charge in [0.2, 0.25) is 11.7 Å². The van der Waals surface area contributed by atoms with E-state index in [-0.39, 0.29) is 12.5 Å². The zero-order chi connectivity index (χ0) is 20.0. The number of amides is 1. The molecule has 6 heteroatoms. The zero-order valence-electron chi connectivity index (χ0n) is 16.9. The van der Waals surface area contributed by atoms with Crippen LogP contribution in [0.3, 0.4) is 0 Å². The summed E-state index contributed by atoms with van der Waals surface area (Å²) in [4.78, 5) is 14.3. The van der Waals surface area contributed by atoms with Crippen LogP contribution in [0.1, 0.15) is 16.7 Å². The number of carbonyl (C=O) groups excluding carboxylic acids is 1. The van der Waals surface area contributed by atoms with E-state index in [1.165, 1.54) is 5.56 Å². The van der Waals surface area contributed by atoms with Gasteiger partial charge in [-0.25, -0.2) is 0 Å². The molecule has 0 spiro atoms. The number of hydrogen-bond donors (Lipinski definition) is 1. The number of hydrogen-bond acceptors (Lipinski definition) is 5. The number of carbonyl (C=O) groups is 1. The molecule has 0 aliphatic carbocycles. The fraction of sp³-hybridized carbons (Fsp3) is 0.381. The molecule has 2 rings (SSSR count). The maximum absolute atomic E-state index is 12.4. The maximum atomic E-state index is 12.4. The summed E-state index contributed by atoms with van der Waals surface area (Å²) in [6.07, 6.45) is 0. The van der Waals surface area contributed by atoms with E-state index < -0.39 is 0 Å². The molecule has 1 N–H and O–H groups in total. The normalized spacial score (nSPS) is 10.3. The molecule has 2 aromatic carbocycles. The van der Waals surface area contributed by atoms with Crippen molar-refractivity contribution in [3.63, 3.8) is 0 Å². The quantitative estimate of drug-likeness (QED) is 0.772. The first-order valence-corrected chi connectivity index (χ1v) is 8.73. The standard InChI is InChI=1S/C21H28N2O4/c1-14-7-8-15(2)17(9-14)23(3)13-20(24)22-12-16-10-18(25-4)21(27-6)19(11-16)26-5/h7-11H,12-13H2,1-6H3,(H,22,24). The summed E-state index contributed by atoms with van der Waals surface area (Å²) in [7, 11) is 6.61. The fourth-order valence-electron chi connectivity index (χ4n) is 2.93. The molecule has 0 atom stereocenters. The van der Waals surface area contributed by atoms with Crippen LogP contribution in [0.25, 0.3) is 0 Å². The highest BCUT2D eigenvalue weighted by molar-refractivity contribution is 5.81. The number of nitrogens with one attached hydrogen (secondary N) is 1. The molecular formula is C21H28N2O4. The van der Waals surface area contributed by atoms with Gasteiger partial charge in [0.15, 0.2) is 11.5 Å². The number of nitrogens with zero attached hydrogens (tertiary/aromatic N) is 1. The van der Waals surface area contributed by atoms with Gasteiger partial charge in [0.05, 0.1) is 27.9 Å². The smallest absolute Gasteiger partial charge is 0.239 e. The minimum atomic E-state index is -0.0628. The van der Waals surface area contributed by atoms with Crippen LogP contribution in [0.2, 0.25) is 0 Å². The predicted octanol–water partition coefficient (Wildman–Crippen LogP) is 3.08. The molecule has 0 aromatic heterocycles. The molecule has 0 fully saturated rings. The Bertz CT molecular complexity index is 780. The lowest BCUT2D eigenvalue weighted by Crippen LogP contribution is -2.35. The van der Waals surface area contributed by atoms with Crippen LogP contribution < -0.4 is 24.4 Å². The van der Waals surface area contributed by atoms with Crippen molar-refractivity contribution in [3.8, 4) is 17.2 Å². The molecular weight excluding hydrogens is 344 g/mol. The van der Waals surface area contributed by atoms with Crippen LogP contribution in [0, 0.1) is 13.8 Å². The Kier molecular flexibility index (Phi) is 6.93. The molecule has 0 saturated carbocycles. The molecule has 0 radical (unpaired) electrons. The van der Waals surface area contributed by atoms with Gasteiger partial charge in [-0.2, -0.15) is 0 Å². The number of benzene rings is 2. The number of methoxy groups -OCH3 is 3. The molecule has 6 nitrogen and oxygen atoms in total. The van der Waals surface area contributed by atoms with Crippen molar-refractivity contribution >= 4 is 11.6 Å². The Balaban J connectivity index is 2.04. The van der Waals surface area contributed by atoms with Gasteiger partial charge in [-0.3, -0.25) is 4.79 Å². The molecule has 1 amide bonds. The first-order valence-electron chi connectivity index (χ1n) is 8.73. The highest BCUT2D eigenvalue weighted by Crippen LogP contribution is 2.38. The van der Waals surface area contributed by atoms with E-state index >= 15 is 0 Å². The second-order valence-electron chi connectivity index (χ2n) is 6.46. The lowest BCUT2D eigenvalue weighted by molar-refractivity contribution is -0.119. The average molecular weight is 372 g/mol. The predicted molar refractivity (Wildman–Crippen MR) is 107 cm³/mol. The third-order valence-electron chi connectivity index (χ3n) is 4.37. The molecule has 0 bridgehead atoms. The number of ether oxygens (including phenoxy) is 3. The van der Waals surface area contributed by atoms with Crippen molar-refractivity contribution in [1.82, 2.24) is 5.32 Å². The lowest BCUT2D eigenvalue weighted by Gasteiger charge is -2.21. The van der Waals surface area contributed by atoms with Gasteiger partial charge in [-0.1, -0.05) is 12.1 Å². The third-order valence-corrected chi connectivity index (χ3v) is 4.37. The van der Waals surface area contributed by atoms with Crippen LogP contribution in [0.15, 0.2) is 30.3 Å². The van der Waals surface area contributed by atoms with Crippen LogP contribution in [0.5, 0.6) is 17.2 Å². The van der Waals surface area contributed by atoms with E-state index in [2.05, 4.69) is 23.5 Å². The average Bonchev–Trinajstić information content (AvgIpc) is 2.67. The third kappa shape index (κ3) is 5.06. The lowest BCUT2D eigenvalue weighted by atomic mass is 10.1. The number of aryl methyl sites for hydroxylation is 2. The van der Waals surface area contributed by atoms with Crippen molar-refractivity contribution in [2.45, 2.75) is 20.4 Å². The van der Waals surface area contributed by atoms with Gasteiger partial charge in [0.1, 0.15) is 0 Å². The second kappa shape index (κ2) is 9.16. The fourth-order valence-corrected chi connectivity index (χ4v) is 2.93. The van der Waals surface area contributed by atoms with Gasteiger partial charge in [-0.05, 0) is 48.7 Å². The van der Waals surface area contributed by atoms with E-state index in [1.807, 2.05) is 37.9 Å². The summed E-state index contributed by atoms with van der Waals surface area (Å²) in [6, 6.07) is 9.88. The van der Waals surface area contributed by atoms with Gasteiger partial charge in [-0.15, -0.1) is 0 Å². The van der Waals surface area contributed by atoms with E-state index in [0.29, 0.717) is 23.8 Å². The summed E-state index contributed by atoms with van der Waals surface area (Å²) < 4.78 is 16.0. The first-order chi connectivity index (χ1) is 12.9. The van der Waals surface area contributed by atoms with E-state index in [9.17, 15) is 4.79 Å². The first kappa shape index (κ1) is 20.4. The Morgan fingerprint density at radius 1 is 1.00 bits per heavy atom. The van der Waals surface area contributed by atoms with Crippen molar-refractivity contribution in [2.24, 2.45) is 0 Å². The Labute approximate surface area is 161 Å². The summed E-state index contributed by atoms with van der Waals surface area (Å²) >= 11 is 0. The van der Waals surface area contributed by atoms with Crippen LogP contribution in [0.4, 0.5) is 5.69 Å². The number of anilines is 1. The number of likely N-dealkylation sites (N-methyl/N-ethyl adjacent to an activating group) is 1. The maximum Gasteiger partial charge on any atom is 0.239 e. The largest absolute Gasteiger partial charge is 0.493 e. The molecule has 0 heterocycles. The molecule has 0 aliphatic heterocycles. The highest BCUT2D eigenvalue weighted by atomic mass is 16.5. The van der Waals surface area contributed by atoms with E-state index in [4.69, 9.17) is 14.2 Å². The van der Waals surface area contributed by atoms with Gasteiger partial charge in [0, 0.05) is 19.3 Å². The van der Waals surface area contributed by atoms with E-state index in [1.54, 1.807) is 21.3 Å². The number of rotatable bonds is 8. The zero-order valence-corrected chi connectivity index (χ0v) is 16.9. The summed E-state index contributed by atoms with van der Waals surface area (Å²) in [5.41, 5.74) is 4.23. The SMILES string of the molecule is COc1cc(CNC(=O)CN(C)c2cc(C)ccc2C)cc(OC)c1OC. The van der Waals surface area contributed by atoms with Crippen molar-refractivity contribution in [1.29, 1.82) is 0 Å². The Morgan fingerprint density at radius 3 is 2.19 bits per heavy atom. The molecule has 146 valence electrons. The van der Waals surface area contributed by atoms with Crippen molar-refractivity contribution < 1.29 is 19.0 Å². The minimum Gasteiger partial charge on any atom is -0.493 e. The van der Waals surface area contributed by atoms with Crippen molar-refractivity contribution in [3.05, 3.63) is 47.0 Å².